The highest BCUT2D eigenvalue weighted by Gasteiger charge is 2.20. The second-order valence-electron chi connectivity index (χ2n) is 3.73. The molecule has 17 heavy (non-hydrogen) atoms. The maximum atomic E-state index is 9.29. The van der Waals surface area contributed by atoms with Crippen LogP contribution >= 0.6 is 12.2 Å². The summed E-state index contributed by atoms with van der Waals surface area (Å²) in [4.78, 5) is 0.690. The van der Waals surface area contributed by atoms with Gasteiger partial charge < -0.3 is 10.4 Å². The fraction of sp³-hybridized carbons (Fsp3) is 0.182. The van der Waals surface area contributed by atoms with E-state index in [0.717, 1.165) is 17.1 Å². The van der Waals surface area contributed by atoms with E-state index >= 15 is 0 Å². The summed E-state index contributed by atoms with van der Waals surface area (Å²) >= 11 is 5.30. The molecule has 0 saturated carbocycles. The van der Waals surface area contributed by atoms with Crippen LogP contribution < -0.4 is 5.32 Å². The summed E-state index contributed by atoms with van der Waals surface area (Å²) in [7, 11) is 0. The van der Waals surface area contributed by atoms with Crippen LogP contribution in [0, 0.1) is 0 Å². The Labute approximate surface area is 103 Å². The first-order valence-electron chi connectivity index (χ1n) is 5.23. The molecular weight excluding hydrogens is 236 g/mol. The lowest BCUT2D eigenvalue weighted by molar-refractivity contribution is 0.268. The first kappa shape index (κ1) is 10.4. The number of para-hydroxylation sites is 1. The quantitative estimate of drug-likeness (QED) is 0.719. The van der Waals surface area contributed by atoms with Gasteiger partial charge in [0.05, 0.1) is 12.2 Å². The van der Waals surface area contributed by atoms with E-state index in [2.05, 4.69) is 15.5 Å². The molecule has 1 aliphatic heterocycles. The second-order valence-corrected chi connectivity index (χ2v) is 4.13. The lowest BCUT2D eigenvalue weighted by atomic mass is 10.1. The number of nitrogens with one attached hydrogen (secondary N) is 1. The van der Waals surface area contributed by atoms with Gasteiger partial charge in [0.25, 0.3) is 0 Å². The zero-order valence-electron chi connectivity index (χ0n) is 8.92. The summed E-state index contributed by atoms with van der Waals surface area (Å²) in [6.45, 7) is 0.370. The summed E-state index contributed by atoms with van der Waals surface area (Å²) in [5, 5.41) is 20.4. The zero-order valence-corrected chi connectivity index (χ0v) is 9.74. The molecule has 0 atom stereocenters. The Hall–Kier alpha value is -1.79. The standard InChI is InChI=1S/C11H10N4OS/c16-6-10-14-13-9-5-12-11(17)7-3-1-2-4-8(7)15(9)10/h1-4,16H,5-6H2,(H,12,17). The Bertz CT molecular complexity index is 593. The monoisotopic (exact) mass is 246 g/mol. The molecule has 86 valence electrons. The summed E-state index contributed by atoms with van der Waals surface area (Å²) in [6.07, 6.45) is 0. The van der Waals surface area contributed by atoms with Crippen molar-refractivity contribution in [3.63, 3.8) is 0 Å². The third kappa shape index (κ3) is 1.53. The molecule has 2 heterocycles. The molecule has 3 rings (SSSR count). The van der Waals surface area contributed by atoms with Gasteiger partial charge in [-0.25, -0.2) is 0 Å². The first-order chi connectivity index (χ1) is 8.31. The number of nitrogens with zero attached hydrogens (tertiary/aromatic N) is 3. The van der Waals surface area contributed by atoms with Crippen LogP contribution in [-0.4, -0.2) is 24.9 Å². The summed E-state index contributed by atoms with van der Waals surface area (Å²) in [5.41, 5.74) is 1.84. The van der Waals surface area contributed by atoms with Gasteiger partial charge in [-0.1, -0.05) is 24.4 Å². The van der Waals surface area contributed by atoms with Crippen LogP contribution in [0.25, 0.3) is 5.69 Å². The van der Waals surface area contributed by atoms with Crippen molar-refractivity contribution in [2.24, 2.45) is 0 Å². The minimum absolute atomic E-state index is 0.145. The number of fused-ring (bicyclic) bond motifs is 3. The molecule has 2 aromatic rings. The lowest BCUT2D eigenvalue weighted by Crippen LogP contribution is -2.20. The van der Waals surface area contributed by atoms with Crippen LogP contribution in [0.3, 0.4) is 0 Å². The summed E-state index contributed by atoms with van der Waals surface area (Å²) in [6, 6.07) is 7.75. The molecule has 0 fully saturated rings. The molecule has 0 radical (unpaired) electrons. The topological polar surface area (TPSA) is 63.0 Å². The molecule has 1 aromatic heterocycles. The van der Waals surface area contributed by atoms with Crippen molar-refractivity contribution in [3.8, 4) is 5.69 Å². The van der Waals surface area contributed by atoms with Gasteiger partial charge in [-0.05, 0) is 12.1 Å². The minimum atomic E-state index is -0.145. The van der Waals surface area contributed by atoms with E-state index in [1.165, 1.54) is 0 Å². The van der Waals surface area contributed by atoms with E-state index in [-0.39, 0.29) is 6.61 Å². The van der Waals surface area contributed by atoms with Crippen molar-refractivity contribution < 1.29 is 5.11 Å². The van der Waals surface area contributed by atoms with Gasteiger partial charge in [-0.15, -0.1) is 10.2 Å². The van der Waals surface area contributed by atoms with Crippen LogP contribution in [0.2, 0.25) is 0 Å². The largest absolute Gasteiger partial charge is 0.388 e. The average Bonchev–Trinajstić information content (AvgIpc) is 2.72. The SMILES string of the molecule is OCc1nnc2n1-c1ccccc1C(=S)NC2. The molecule has 6 heteroatoms. The van der Waals surface area contributed by atoms with Crippen molar-refractivity contribution in [2.45, 2.75) is 13.2 Å². The molecule has 0 bridgehead atoms. The lowest BCUT2D eigenvalue weighted by Gasteiger charge is -2.09. The number of hydrogen-bond donors (Lipinski definition) is 2. The van der Waals surface area contributed by atoms with Crippen molar-refractivity contribution in [2.75, 3.05) is 0 Å². The Morgan fingerprint density at radius 2 is 2.18 bits per heavy atom. The van der Waals surface area contributed by atoms with Gasteiger partial charge in [-0.3, -0.25) is 4.57 Å². The minimum Gasteiger partial charge on any atom is -0.388 e. The van der Waals surface area contributed by atoms with Crippen LogP contribution in [0.4, 0.5) is 0 Å². The third-order valence-corrected chi connectivity index (χ3v) is 3.10. The predicted octanol–water partition coefficient (Wildman–Crippen LogP) is 0.538. The number of benzene rings is 1. The highest BCUT2D eigenvalue weighted by molar-refractivity contribution is 7.80. The predicted molar refractivity (Wildman–Crippen MR) is 65.8 cm³/mol. The van der Waals surface area contributed by atoms with Crippen molar-refractivity contribution in [1.82, 2.24) is 20.1 Å². The second kappa shape index (κ2) is 3.90. The highest BCUT2D eigenvalue weighted by Crippen LogP contribution is 2.21. The number of thiocarbonyl (C=S) groups is 1. The number of hydrogen-bond acceptors (Lipinski definition) is 4. The first-order valence-corrected chi connectivity index (χ1v) is 5.63. The molecular formula is C11H10N4OS. The fourth-order valence-electron chi connectivity index (χ4n) is 1.96. The summed E-state index contributed by atoms with van der Waals surface area (Å²) in [5.74, 6) is 1.28. The number of aliphatic hydroxyl groups excluding tert-OH is 1. The Morgan fingerprint density at radius 1 is 1.35 bits per heavy atom. The number of rotatable bonds is 1. The van der Waals surface area contributed by atoms with Gasteiger partial charge in [0.1, 0.15) is 11.6 Å². The van der Waals surface area contributed by atoms with Gasteiger partial charge in [-0.2, -0.15) is 0 Å². The maximum absolute atomic E-state index is 9.29. The molecule has 2 N–H and O–H groups in total. The van der Waals surface area contributed by atoms with E-state index in [0.29, 0.717) is 17.4 Å². The van der Waals surface area contributed by atoms with Gasteiger partial charge in [0, 0.05) is 5.56 Å². The Kier molecular flexibility index (Phi) is 2.38. The van der Waals surface area contributed by atoms with E-state index < -0.39 is 0 Å². The third-order valence-electron chi connectivity index (χ3n) is 2.74. The molecule has 5 nitrogen and oxygen atoms in total. The van der Waals surface area contributed by atoms with Crippen molar-refractivity contribution in [1.29, 1.82) is 0 Å². The van der Waals surface area contributed by atoms with Gasteiger partial charge >= 0.3 is 0 Å². The molecule has 0 aliphatic carbocycles. The van der Waals surface area contributed by atoms with E-state index in [9.17, 15) is 5.11 Å². The van der Waals surface area contributed by atoms with Crippen LogP contribution in [0.15, 0.2) is 24.3 Å². The molecule has 1 aliphatic rings. The number of aliphatic hydroxyl groups is 1. The van der Waals surface area contributed by atoms with Crippen LogP contribution in [-0.2, 0) is 13.2 Å². The van der Waals surface area contributed by atoms with Crippen molar-refractivity contribution in [3.05, 3.63) is 41.5 Å². The molecule has 0 amide bonds. The van der Waals surface area contributed by atoms with Gasteiger partial charge in [0.2, 0.25) is 0 Å². The van der Waals surface area contributed by atoms with Crippen molar-refractivity contribution >= 4 is 17.2 Å². The van der Waals surface area contributed by atoms with Crippen LogP contribution in [0.1, 0.15) is 17.2 Å². The average molecular weight is 246 g/mol. The molecule has 0 spiro atoms. The summed E-state index contributed by atoms with van der Waals surface area (Å²) < 4.78 is 1.85. The smallest absolute Gasteiger partial charge is 0.163 e. The zero-order chi connectivity index (χ0) is 11.8. The molecule has 1 aromatic carbocycles. The normalized spacial score (nSPS) is 13.6. The van der Waals surface area contributed by atoms with E-state index in [1.54, 1.807) is 0 Å². The van der Waals surface area contributed by atoms with Gasteiger partial charge in [0.15, 0.2) is 11.6 Å². The van der Waals surface area contributed by atoms with E-state index in [1.807, 2.05) is 28.8 Å². The van der Waals surface area contributed by atoms with E-state index in [4.69, 9.17) is 12.2 Å². The maximum Gasteiger partial charge on any atom is 0.163 e. The molecule has 0 saturated heterocycles. The highest BCUT2D eigenvalue weighted by atomic mass is 32.1. The number of aromatic nitrogens is 3. The Morgan fingerprint density at radius 3 is 3.00 bits per heavy atom. The molecule has 0 unspecified atom stereocenters. The fourth-order valence-corrected chi connectivity index (χ4v) is 2.21. The van der Waals surface area contributed by atoms with Crippen LogP contribution in [0.5, 0.6) is 0 Å². The Balaban J connectivity index is 2.31.